The van der Waals surface area contributed by atoms with E-state index >= 15 is 0 Å². The van der Waals surface area contributed by atoms with Gasteiger partial charge in [0, 0.05) is 7.11 Å². The van der Waals surface area contributed by atoms with Gasteiger partial charge >= 0.3 is 6.72 Å². The Morgan fingerprint density at radius 1 is 2.00 bits per heavy atom. The highest BCUT2D eigenvalue weighted by Gasteiger charge is 2.10. The Morgan fingerprint density at radius 2 is 2.43 bits per heavy atom. The zero-order valence-electron chi connectivity index (χ0n) is 3.80. The van der Waals surface area contributed by atoms with E-state index in [2.05, 4.69) is 4.74 Å². The number of methoxy groups -OCH3 is 1. The molecular weight excluding hydrogens is 138 g/mol. The van der Waals surface area contributed by atoms with Crippen LogP contribution in [0.3, 0.4) is 0 Å². The fraction of sp³-hybridized carbons (Fsp3) is 1.00. The Kier molecular flexibility index (Phi) is 2.84. The standard InChI is InChI=1S/C2H6ClO3P/c1-6-2-7(3,4)5/h2H2,1H3,(H,4,5). The van der Waals surface area contributed by atoms with Crippen molar-refractivity contribution in [1.29, 1.82) is 0 Å². The van der Waals surface area contributed by atoms with E-state index in [9.17, 15) is 4.57 Å². The first kappa shape index (κ1) is 7.44. The number of hydrogen-bond acceptors (Lipinski definition) is 2. The fourth-order valence-electron chi connectivity index (χ4n) is 0.159. The second kappa shape index (κ2) is 2.68. The third kappa shape index (κ3) is 6.44. The average molecular weight is 144 g/mol. The number of ether oxygens (including phenoxy) is 1. The van der Waals surface area contributed by atoms with Crippen LogP contribution in [0.5, 0.6) is 0 Å². The van der Waals surface area contributed by atoms with Crippen LogP contribution in [0.1, 0.15) is 0 Å². The van der Waals surface area contributed by atoms with E-state index in [0.29, 0.717) is 0 Å². The van der Waals surface area contributed by atoms with E-state index in [4.69, 9.17) is 16.1 Å². The molecule has 0 radical (unpaired) electrons. The summed E-state index contributed by atoms with van der Waals surface area (Å²) in [5.41, 5.74) is 0. The third-order valence-electron chi connectivity index (χ3n) is 0.288. The van der Waals surface area contributed by atoms with Crippen LogP contribution in [-0.4, -0.2) is 18.4 Å². The molecule has 44 valence electrons. The molecule has 0 saturated carbocycles. The van der Waals surface area contributed by atoms with E-state index < -0.39 is 6.72 Å². The van der Waals surface area contributed by atoms with Crippen LogP contribution in [-0.2, 0) is 9.30 Å². The van der Waals surface area contributed by atoms with Crippen molar-refractivity contribution in [2.75, 3.05) is 13.5 Å². The van der Waals surface area contributed by atoms with Gasteiger partial charge in [-0.1, -0.05) is 0 Å². The highest BCUT2D eigenvalue weighted by atomic mass is 35.7. The number of hydrogen-bond donors (Lipinski definition) is 1. The smallest absolute Gasteiger partial charge is 0.312 e. The summed E-state index contributed by atoms with van der Waals surface area (Å²) >= 11 is 4.82. The van der Waals surface area contributed by atoms with Gasteiger partial charge in [0.25, 0.3) is 0 Å². The molecule has 1 atom stereocenters. The molecule has 0 aliphatic heterocycles. The topological polar surface area (TPSA) is 46.5 Å². The summed E-state index contributed by atoms with van der Waals surface area (Å²) < 4.78 is 14.3. The van der Waals surface area contributed by atoms with Crippen molar-refractivity contribution < 1.29 is 14.2 Å². The number of halogens is 1. The molecule has 5 heteroatoms. The van der Waals surface area contributed by atoms with Crippen LogP contribution in [0.15, 0.2) is 0 Å². The molecular formula is C2H6ClO3P. The molecule has 1 N–H and O–H groups in total. The highest BCUT2D eigenvalue weighted by molar-refractivity contribution is 7.84. The minimum absolute atomic E-state index is 0.283. The average Bonchev–Trinajstić information content (AvgIpc) is 1.30. The van der Waals surface area contributed by atoms with Crippen LogP contribution < -0.4 is 0 Å². The minimum Gasteiger partial charge on any atom is -0.373 e. The molecule has 3 nitrogen and oxygen atoms in total. The Labute approximate surface area is 46.5 Å². The highest BCUT2D eigenvalue weighted by Crippen LogP contribution is 2.45. The van der Waals surface area contributed by atoms with Gasteiger partial charge in [-0.05, 0) is 11.2 Å². The summed E-state index contributed by atoms with van der Waals surface area (Å²) in [5, 5.41) is 0. The third-order valence-corrected chi connectivity index (χ3v) is 1.16. The molecule has 0 bridgehead atoms. The van der Waals surface area contributed by atoms with E-state index in [1.165, 1.54) is 7.11 Å². The van der Waals surface area contributed by atoms with Crippen molar-refractivity contribution in [3.63, 3.8) is 0 Å². The van der Waals surface area contributed by atoms with Crippen molar-refractivity contribution in [2.45, 2.75) is 0 Å². The summed E-state index contributed by atoms with van der Waals surface area (Å²) in [7, 11) is 1.31. The van der Waals surface area contributed by atoms with Crippen LogP contribution in [0, 0.1) is 0 Å². The molecule has 0 rings (SSSR count). The molecule has 0 fully saturated rings. The molecule has 1 unspecified atom stereocenters. The predicted molar refractivity (Wildman–Crippen MR) is 27.6 cm³/mol. The maximum atomic E-state index is 10.0. The molecule has 0 saturated heterocycles. The van der Waals surface area contributed by atoms with Gasteiger partial charge in [0.05, 0.1) is 0 Å². The molecule has 0 aromatic rings. The van der Waals surface area contributed by atoms with Crippen molar-refractivity contribution in [1.82, 2.24) is 0 Å². The van der Waals surface area contributed by atoms with Gasteiger partial charge in [-0.15, -0.1) is 0 Å². The normalized spacial score (nSPS) is 18.7. The lowest BCUT2D eigenvalue weighted by molar-refractivity contribution is 0.241. The molecule has 0 aliphatic rings. The Hall–Kier alpha value is 0.440. The molecule has 0 amide bonds. The van der Waals surface area contributed by atoms with Gasteiger partial charge < -0.3 is 9.63 Å². The van der Waals surface area contributed by atoms with Crippen LogP contribution in [0.4, 0.5) is 0 Å². The summed E-state index contributed by atoms with van der Waals surface area (Å²) in [4.78, 5) is 8.21. The largest absolute Gasteiger partial charge is 0.373 e. The van der Waals surface area contributed by atoms with Gasteiger partial charge in [-0.3, -0.25) is 4.57 Å². The van der Waals surface area contributed by atoms with E-state index in [1.807, 2.05) is 0 Å². The maximum absolute atomic E-state index is 10.0. The Morgan fingerprint density at radius 3 is 2.43 bits per heavy atom. The van der Waals surface area contributed by atoms with Gasteiger partial charge in [0.2, 0.25) is 0 Å². The van der Waals surface area contributed by atoms with Gasteiger partial charge in [0.15, 0.2) is 0 Å². The van der Waals surface area contributed by atoms with Crippen LogP contribution in [0.25, 0.3) is 0 Å². The first-order valence-electron chi connectivity index (χ1n) is 1.56. The van der Waals surface area contributed by atoms with Crippen molar-refractivity contribution in [2.24, 2.45) is 0 Å². The summed E-state index contributed by atoms with van der Waals surface area (Å²) in [6.07, 6.45) is -0.283. The summed E-state index contributed by atoms with van der Waals surface area (Å²) in [6, 6.07) is 0. The molecule has 0 aromatic heterocycles. The van der Waals surface area contributed by atoms with Gasteiger partial charge in [-0.25, -0.2) is 0 Å². The van der Waals surface area contributed by atoms with Crippen molar-refractivity contribution in [3.8, 4) is 0 Å². The zero-order valence-corrected chi connectivity index (χ0v) is 5.45. The summed E-state index contributed by atoms with van der Waals surface area (Å²) in [5.74, 6) is 0. The van der Waals surface area contributed by atoms with Crippen molar-refractivity contribution in [3.05, 3.63) is 0 Å². The lowest BCUT2D eigenvalue weighted by Crippen LogP contribution is -1.82. The van der Waals surface area contributed by atoms with Gasteiger partial charge in [-0.2, -0.15) is 0 Å². The fourth-order valence-corrected chi connectivity index (χ4v) is 0.770. The first-order valence-corrected chi connectivity index (χ1v) is 4.31. The van der Waals surface area contributed by atoms with E-state index in [1.54, 1.807) is 0 Å². The van der Waals surface area contributed by atoms with E-state index in [0.717, 1.165) is 0 Å². The number of rotatable bonds is 2. The molecule has 0 heterocycles. The lowest BCUT2D eigenvalue weighted by Gasteiger charge is -1.96. The molecule has 7 heavy (non-hydrogen) atoms. The first-order chi connectivity index (χ1) is 3.06. The summed E-state index contributed by atoms with van der Waals surface area (Å²) in [6.45, 7) is -3.42. The quantitative estimate of drug-likeness (QED) is 0.589. The predicted octanol–water partition coefficient (Wildman–Crippen LogP) is 1.01. The Bertz CT molecular complexity index is 86.9. The van der Waals surface area contributed by atoms with E-state index in [-0.39, 0.29) is 6.35 Å². The SMILES string of the molecule is COCP(=O)(O)Cl. The maximum Gasteiger partial charge on any atom is 0.312 e. The second-order valence-corrected chi connectivity index (χ2v) is 4.11. The monoisotopic (exact) mass is 144 g/mol. The minimum atomic E-state index is -3.42. The van der Waals surface area contributed by atoms with Crippen LogP contribution in [0.2, 0.25) is 0 Å². The Balaban J connectivity index is 3.36. The lowest BCUT2D eigenvalue weighted by atomic mass is 11.5. The van der Waals surface area contributed by atoms with Crippen LogP contribution >= 0.6 is 18.0 Å². The van der Waals surface area contributed by atoms with Crippen molar-refractivity contribution >= 4 is 18.0 Å². The zero-order chi connectivity index (χ0) is 5.91. The molecule has 0 aliphatic carbocycles. The van der Waals surface area contributed by atoms with Gasteiger partial charge in [0.1, 0.15) is 6.35 Å². The molecule has 0 spiro atoms. The second-order valence-electron chi connectivity index (χ2n) is 1.03. The molecule has 0 aromatic carbocycles.